The van der Waals surface area contributed by atoms with Crippen LogP contribution in [0.4, 0.5) is 0 Å². The first-order valence-electron chi connectivity index (χ1n) is 8.61. The number of nitrogens with zero attached hydrogens (tertiary/aromatic N) is 2. The monoisotopic (exact) mass is 345 g/mol. The van der Waals surface area contributed by atoms with Crippen molar-refractivity contribution < 1.29 is 4.79 Å². The summed E-state index contributed by atoms with van der Waals surface area (Å²) in [5, 5.41) is 9.42. The van der Waals surface area contributed by atoms with E-state index in [0.717, 1.165) is 19.3 Å². The van der Waals surface area contributed by atoms with Crippen molar-refractivity contribution in [1.29, 1.82) is 0 Å². The van der Waals surface area contributed by atoms with Crippen LogP contribution >= 0.6 is 11.3 Å². The predicted octanol–water partition coefficient (Wildman–Crippen LogP) is 3.38. The third-order valence-electron chi connectivity index (χ3n) is 4.54. The molecule has 0 bridgehead atoms. The van der Waals surface area contributed by atoms with Crippen molar-refractivity contribution in [2.24, 2.45) is 5.92 Å². The van der Waals surface area contributed by atoms with Gasteiger partial charge in [0.25, 0.3) is 11.5 Å². The van der Waals surface area contributed by atoms with Crippen LogP contribution in [0.2, 0.25) is 0 Å². The fourth-order valence-corrected chi connectivity index (χ4v) is 4.21. The smallest absolute Gasteiger partial charge is 0.272 e. The Morgan fingerprint density at radius 2 is 2.17 bits per heavy atom. The number of thiophene rings is 1. The molecule has 0 aliphatic heterocycles. The Morgan fingerprint density at radius 3 is 2.83 bits per heavy atom. The average Bonchev–Trinajstić information content (AvgIpc) is 3.28. The van der Waals surface area contributed by atoms with E-state index in [1.54, 1.807) is 11.3 Å². The summed E-state index contributed by atoms with van der Waals surface area (Å²) >= 11 is 1.68. The molecule has 1 aliphatic carbocycles. The molecule has 3 rings (SSSR count). The summed E-state index contributed by atoms with van der Waals surface area (Å²) in [5.41, 5.74) is 0.140. The van der Waals surface area contributed by atoms with Gasteiger partial charge in [0.05, 0.1) is 6.04 Å². The minimum absolute atomic E-state index is 0.0355. The number of aryl methyl sites for hydroxylation is 1. The SMILES string of the molecule is CCCn1nc(C(=O)NC(c2cccs2)C2CCCC2)ccc1=O. The summed E-state index contributed by atoms with van der Waals surface area (Å²) in [6.45, 7) is 2.50. The molecule has 1 amide bonds. The molecule has 0 saturated heterocycles. The van der Waals surface area contributed by atoms with Gasteiger partial charge in [-0.05, 0) is 42.7 Å². The number of hydrogen-bond donors (Lipinski definition) is 1. The van der Waals surface area contributed by atoms with E-state index in [-0.39, 0.29) is 17.5 Å². The summed E-state index contributed by atoms with van der Waals surface area (Å²) in [6.07, 6.45) is 5.54. The first-order valence-corrected chi connectivity index (χ1v) is 9.49. The van der Waals surface area contributed by atoms with E-state index in [1.165, 1.54) is 34.5 Å². The number of carbonyl (C=O) groups excluding carboxylic acids is 1. The number of nitrogens with one attached hydrogen (secondary N) is 1. The molecular weight excluding hydrogens is 322 g/mol. The van der Waals surface area contributed by atoms with E-state index in [2.05, 4.69) is 16.5 Å². The lowest BCUT2D eigenvalue weighted by Crippen LogP contribution is -2.34. The van der Waals surface area contributed by atoms with Crippen molar-refractivity contribution in [2.45, 2.75) is 51.6 Å². The second-order valence-corrected chi connectivity index (χ2v) is 7.27. The maximum absolute atomic E-state index is 12.7. The zero-order chi connectivity index (χ0) is 16.9. The van der Waals surface area contributed by atoms with Crippen LogP contribution in [0.5, 0.6) is 0 Å². The second kappa shape index (κ2) is 7.75. The van der Waals surface area contributed by atoms with Gasteiger partial charge in [-0.2, -0.15) is 5.10 Å². The molecule has 1 aliphatic rings. The standard InChI is InChI=1S/C18H23N3O2S/c1-2-11-21-16(22)10-9-14(20-21)18(23)19-17(13-6-3-4-7-13)15-8-5-12-24-15/h5,8-10,12-13,17H,2-4,6-7,11H2,1H3,(H,19,23). The predicted molar refractivity (Wildman–Crippen MR) is 95.3 cm³/mol. The van der Waals surface area contributed by atoms with Crippen molar-refractivity contribution in [1.82, 2.24) is 15.1 Å². The fourth-order valence-electron chi connectivity index (χ4n) is 3.34. The Bertz CT molecular complexity index is 733. The summed E-state index contributed by atoms with van der Waals surface area (Å²) < 4.78 is 1.37. The lowest BCUT2D eigenvalue weighted by Gasteiger charge is -2.23. The van der Waals surface area contributed by atoms with Gasteiger partial charge in [-0.1, -0.05) is 25.8 Å². The summed E-state index contributed by atoms with van der Waals surface area (Å²) in [6, 6.07) is 7.08. The van der Waals surface area contributed by atoms with Gasteiger partial charge >= 0.3 is 0 Å². The number of aromatic nitrogens is 2. The van der Waals surface area contributed by atoms with E-state index in [1.807, 2.05) is 18.4 Å². The van der Waals surface area contributed by atoms with E-state index in [4.69, 9.17) is 0 Å². The quantitative estimate of drug-likeness (QED) is 0.873. The van der Waals surface area contributed by atoms with Crippen LogP contribution in [-0.4, -0.2) is 15.7 Å². The third kappa shape index (κ3) is 3.75. The molecule has 24 heavy (non-hydrogen) atoms. The highest BCUT2D eigenvalue weighted by molar-refractivity contribution is 7.10. The molecule has 5 nitrogen and oxygen atoms in total. The van der Waals surface area contributed by atoms with Crippen molar-refractivity contribution in [3.8, 4) is 0 Å². The van der Waals surface area contributed by atoms with Crippen LogP contribution in [-0.2, 0) is 6.54 Å². The van der Waals surface area contributed by atoms with Crippen molar-refractivity contribution >= 4 is 17.2 Å². The lowest BCUT2D eigenvalue weighted by atomic mass is 9.96. The minimum Gasteiger partial charge on any atom is -0.343 e. The van der Waals surface area contributed by atoms with Crippen LogP contribution in [0, 0.1) is 5.92 Å². The molecule has 0 aromatic carbocycles. The molecule has 1 unspecified atom stereocenters. The maximum Gasteiger partial charge on any atom is 0.272 e. The molecule has 2 aromatic heterocycles. The lowest BCUT2D eigenvalue weighted by molar-refractivity contribution is 0.0915. The van der Waals surface area contributed by atoms with E-state index >= 15 is 0 Å². The Morgan fingerprint density at radius 1 is 1.38 bits per heavy atom. The molecule has 1 fully saturated rings. The second-order valence-electron chi connectivity index (χ2n) is 6.29. The highest BCUT2D eigenvalue weighted by Crippen LogP contribution is 2.37. The largest absolute Gasteiger partial charge is 0.343 e. The number of carbonyl (C=O) groups is 1. The highest BCUT2D eigenvalue weighted by atomic mass is 32.1. The van der Waals surface area contributed by atoms with Crippen LogP contribution < -0.4 is 10.9 Å². The van der Waals surface area contributed by atoms with Crippen molar-refractivity contribution in [3.63, 3.8) is 0 Å². The van der Waals surface area contributed by atoms with Gasteiger partial charge in [0.1, 0.15) is 5.69 Å². The Labute approximate surface area is 145 Å². The number of rotatable bonds is 6. The van der Waals surface area contributed by atoms with Crippen molar-refractivity contribution in [3.05, 3.63) is 50.6 Å². The Balaban J connectivity index is 1.80. The topological polar surface area (TPSA) is 64.0 Å². The fraction of sp³-hybridized carbons (Fsp3) is 0.500. The maximum atomic E-state index is 12.7. The summed E-state index contributed by atoms with van der Waals surface area (Å²) in [5.74, 6) is 0.277. The van der Waals surface area contributed by atoms with Gasteiger partial charge in [0.2, 0.25) is 0 Å². The first kappa shape index (κ1) is 16.9. The molecular formula is C18H23N3O2S. The van der Waals surface area contributed by atoms with Gasteiger partial charge in [-0.15, -0.1) is 11.3 Å². The minimum atomic E-state index is -0.204. The normalized spacial score (nSPS) is 16.2. The average molecular weight is 345 g/mol. The third-order valence-corrected chi connectivity index (χ3v) is 5.50. The van der Waals surface area contributed by atoms with Gasteiger partial charge in [0, 0.05) is 17.5 Å². The number of hydrogen-bond acceptors (Lipinski definition) is 4. The zero-order valence-corrected chi connectivity index (χ0v) is 14.7. The van der Waals surface area contributed by atoms with Crippen LogP contribution in [0.15, 0.2) is 34.4 Å². The van der Waals surface area contributed by atoms with Gasteiger partial charge < -0.3 is 5.32 Å². The molecule has 1 saturated carbocycles. The molecule has 0 spiro atoms. The molecule has 6 heteroatoms. The summed E-state index contributed by atoms with van der Waals surface area (Å²) in [4.78, 5) is 25.7. The van der Waals surface area contributed by atoms with Crippen molar-refractivity contribution in [2.75, 3.05) is 0 Å². The highest BCUT2D eigenvalue weighted by Gasteiger charge is 2.29. The zero-order valence-electron chi connectivity index (χ0n) is 13.9. The molecule has 1 N–H and O–H groups in total. The Hall–Kier alpha value is -1.95. The Kier molecular flexibility index (Phi) is 5.45. The van der Waals surface area contributed by atoms with Gasteiger partial charge in [-0.3, -0.25) is 9.59 Å². The van der Waals surface area contributed by atoms with E-state index < -0.39 is 0 Å². The van der Waals surface area contributed by atoms with Crippen LogP contribution in [0.25, 0.3) is 0 Å². The molecule has 1 atom stereocenters. The molecule has 128 valence electrons. The van der Waals surface area contributed by atoms with Crippen LogP contribution in [0.3, 0.4) is 0 Å². The molecule has 0 radical (unpaired) electrons. The van der Waals surface area contributed by atoms with E-state index in [9.17, 15) is 9.59 Å². The van der Waals surface area contributed by atoms with Gasteiger partial charge in [0.15, 0.2) is 0 Å². The number of amides is 1. The molecule has 2 heterocycles. The first-order chi connectivity index (χ1) is 11.7. The molecule has 2 aromatic rings. The van der Waals surface area contributed by atoms with Gasteiger partial charge in [-0.25, -0.2) is 4.68 Å². The summed E-state index contributed by atoms with van der Waals surface area (Å²) in [7, 11) is 0. The van der Waals surface area contributed by atoms with E-state index in [0.29, 0.717) is 18.2 Å². The van der Waals surface area contributed by atoms with Crippen LogP contribution in [0.1, 0.15) is 60.4 Å².